The maximum Gasteiger partial charge on any atom is 0.320 e. The first-order chi connectivity index (χ1) is 9.08. The first-order valence-corrected chi connectivity index (χ1v) is 7.50. The van der Waals surface area contributed by atoms with Gasteiger partial charge in [0.05, 0.1) is 5.69 Å². The van der Waals surface area contributed by atoms with E-state index < -0.39 is 12.0 Å². The lowest BCUT2D eigenvalue weighted by atomic mass is 10.2. The summed E-state index contributed by atoms with van der Waals surface area (Å²) in [5.41, 5.74) is 7.42. The summed E-state index contributed by atoms with van der Waals surface area (Å²) in [5.74, 6) is 0.163. The number of hydrogen-bond donors (Lipinski definition) is 2. The molecule has 0 amide bonds. The van der Waals surface area contributed by atoms with E-state index in [-0.39, 0.29) is 5.56 Å². The van der Waals surface area contributed by atoms with Gasteiger partial charge in [0.1, 0.15) is 11.6 Å². The molecule has 2 aromatic heterocycles. The number of carboxylic acids is 1. The maximum atomic E-state index is 11.7. The predicted molar refractivity (Wildman–Crippen MR) is 73.5 cm³/mol. The second kappa shape index (κ2) is 6.13. The maximum absolute atomic E-state index is 11.7. The van der Waals surface area contributed by atoms with Gasteiger partial charge in [0, 0.05) is 11.8 Å². The first kappa shape index (κ1) is 14.0. The van der Waals surface area contributed by atoms with Gasteiger partial charge >= 0.3 is 5.97 Å². The van der Waals surface area contributed by atoms with Gasteiger partial charge in [-0.05, 0) is 12.2 Å². The summed E-state index contributed by atoms with van der Waals surface area (Å²) >= 11 is 2.80. The molecule has 0 bridgehead atoms. The molecule has 0 aliphatic rings. The van der Waals surface area contributed by atoms with E-state index in [1.807, 2.05) is 0 Å². The third-order valence-corrected chi connectivity index (χ3v) is 4.08. The fourth-order valence-electron chi connectivity index (χ4n) is 1.39. The van der Waals surface area contributed by atoms with Crippen molar-refractivity contribution in [1.29, 1.82) is 0 Å². The molecule has 7 nitrogen and oxygen atoms in total. The van der Waals surface area contributed by atoms with E-state index in [9.17, 15) is 9.59 Å². The van der Waals surface area contributed by atoms with Crippen molar-refractivity contribution in [2.75, 3.05) is 5.75 Å². The van der Waals surface area contributed by atoms with Crippen LogP contribution in [0, 0.1) is 0 Å². The molecule has 0 saturated carbocycles. The number of nitrogens with zero attached hydrogens (tertiary/aromatic N) is 3. The Kier molecular flexibility index (Phi) is 4.51. The van der Waals surface area contributed by atoms with Gasteiger partial charge in [0.25, 0.3) is 5.56 Å². The number of carboxylic acid groups (broad SMARTS) is 1. The molecule has 0 aliphatic heterocycles. The Morgan fingerprint density at radius 2 is 2.42 bits per heavy atom. The van der Waals surface area contributed by atoms with Crippen LogP contribution in [-0.4, -0.2) is 37.5 Å². The number of nitrogens with two attached hydrogens (primary N) is 1. The molecule has 1 atom stereocenters. The molecule has 0 fully saturated rings. The molecule has 19 heavy (non-hydrogen) atoms. The van der Waals surface area contributed by atoms with E-state index in [1.165, 1.54) is 33.7 Å². The Morgan fingerprint density at radius 3 is 3.16 bits per heavy atom. The largest absolute Gasteiger partial charge is 0.480 e. The molecular weight excluding hydrogens is 288 g/mol. The van der Waals surface area contributed by atoms with Crippen molar-refractivity contribution >= 4 is 34.0 Å². The number of aliphatic carboxylic acids is 1. The molecule has 3 N–H and O–H groups in total. The quantitative estimate of drug-likeness (QED) is 0.732. The van der Waals surface area contributed by atoms with Crippen molar-refractivity contribution < 1.29 is 9.90 Å². The van der Waals surface area contributed by atoms with Crippen LogP contribution in [0.1, 0.15) is 12.1 Å². The lowest BCUT2D eigenvalue weighted by molar-refractivity contribution is -0.138. The first-order valence-electron chi connectivity index (χ1n) is 5.46. The van der Waals surface area contributed by atoms with Crippen molar-refractivity contribution in [2.45, 2.75) is 18.2 Å². The van der Waals surface area contributed by atoms with E-state index in [4.69, 9.17) is 10.8 Å². The van der Waals surface area contributed by atoms with Crippen molar-refractivity contribution in [3.63, 3.8) is 0 Å². The summed E-state index contributed by atoms with van der Waals surface area (Å²) in [6, 6.07) is 0.603. The number of hydrogen-bond acceptors (Lipinski definition) is 7. The second-order valence-corrected chi connectivity index (χ2v) is 5.72. The molecule has 0 radical (unpaired) electrons. The van der Waals surface area contributed by atoms with Gasteiger partial charge in [-0.25, -0.2) is 4.98 Å². The average molecular weight is 300 g/mol. The lowest BCUT2D eigenvalue weighted by Crippen LogP contribution is -2.30. The van der Waals surface area contributed by atoms with Crippen LogP contribution in [0.15, 0.2) is 16.4 Å². The van der Waals surface area contributed by atoms with E-state index in [1.54, 1.807) is 5.51 Å². The fourth-order valence-corrected chi connectivity index (χ4v) is 2.95. The van der Waals surface area contributed by atoms with Gasteiger partial charge in [-0.1, -0.05) is 11.3 Å². The van der Waals surface area contributed by atoms with Gasteiger partial charge < -0.3 is 10.8 Å². The number of carbonyl (C=O) groups is 1. The third-order valence-electron chi connectivity index (χ3n) is 2.38. The Labute approximate surface area is 116 Å². The van der Waals surface area contributed by atoms with Crippen LogP contribution in [-0.2, 0) is 10.5 Å². The molecule has 0 aliphatic carbocycles. The minimum Gasteiger partial charge on any atom is -0.480 e. The van der Waals surface area contributed by atoms with Gasteiger partial charge in [-0.15, -0.1) is 0 Å². The normalized spacial score (nSPS) is 12.7. The number of rotatable bonds is 6. The number of fused-ring (bicyclic) bond motifs is 1. The summed E-state index contributed by atoms with van der Waals surface area (Å²) in [6.07, 6.45) is 0.391. The van der Waals surface area contributed by atoms with E-state index in [2.05, 4.69) is 10.1 Å². The van der Waals surface area contributed by atoms with E-state index in [0.29, 0.717) is 28.6 Å². The molecule has 2 heterocycles. The summed E-state index contributed by atoms with van der Waals surface area (Å²) in [7, 11) is 0. The van der Waals surface area contributed by atoms with Crippen LogP contribution in [0.3, 0.4) is 0 Å². The lowest BCUT2D eigenvalue weighted by Gasteiger charge is -2.05. The van der Waals surface area contributed by atoms with Crippen LogP contribution in [0.2, 0.25) is 0 Å². The molecule has 0 aromatic carbocycles. The standard InChI is InChI=1S/C10H12N4O3S2/c11-7(9(16)17)1-2-18-4-6-3-8(15)14-10(13-6)19-5-12-14/h3,5,7H,1-2,4,11H2,(H,16,17). The molecule has 9 heteroatoms. The smallest absolute Gasteiger partial charge is 0.320 e. The monoisotopic (exact) mass is 300 g/mol. The third kappa shape index (κ3) is 3.52. The number of aromatic nitrogens is 3. The molecule has 102 valence electrons. The zero-order valence-electron chi connectivity index (χ0n) is 9.85. The molecule has 0 spiro atoms. The highest BCUT2D eigenvalue weighted by Crippen LogP contribution is 2.12. The zero-order chi connectivity index (χ0) is 13.8. The molecule has 1 unspecified atom stereocenters. The molecular formula is C10H12N4O3S2. The van der Waals surface area contributed by atoms with E-state index >= 15 is 0 Å². The van der Waals surface area contributed by atoms with Crippen molar-refractivity contribution in [1.82, 2.24) is 14.6 Å². The van der Waals surface area contributed by atoms with Gasteiger partial charge in [0.2, 0.25) is 4.96 Å². The minimum absolute atomic E-state index is 0.205. The number of thioether (sulfide) groups is 1. The summed E-state index contributed by atoms with van der Waals surface area (Å²) in [4.78, 5) is 27.0. The van der Waals surface area contributed by atoms with Crippen LogP contribution in [0.5, 0.6) is 0 Å². The Hall–Kier alpha value is -1.45. The van der Waals surface area contributed by atoms with Gasteiger partial charge in [-0.3, -0.25) is 9.59 Å². The van der Waals surface area contributed by atoms with Crippen molar-refractivity contribution in [2.24, 2.45) is 5.73 Å². The topological polar surface area (TPSA) is 111 Å². The van der Waals surface area contributed by atoms with Crippen LogP contribution < -0.4 is 11.3 Å². The average Bonchev–Trinajstić information content (AvgIpc) is 2.83. The molecule has 0 saturated heterocycles. The van der Waals surface area contributed by atoms with Crippen LogP contribution in [0.25, 0.3) is 4.96 Å². The Morgan fingerprint density at radius 1 is 1.63 bits per heavy atom. The molecule has 2 rings (SSSR count). The SMILES string of the molecule is NC(CCSCc1cc(=O)n2ncsc2n1)C(=O)O. The molecule has 2 aromatic rings. The fraction of sp³-hybridized carbons (Fsp3) is 0.400. The summed E-state index contributed by atoms with van der Waals surface area (Å²) in [6.45, 7) is 0. The highest BCUT2D eigenvalue weighted by Gasteiger charge is 2.11. The van der Waals surface area contributed by atoms with Crippen molar-refractivity contribution in [3.05, 3.63) is 27.6 Å². The second-order valence-electron chi connectivity index (χ2n) is 3.80. The van der Waals surface area contributed by atoms with Crippen LogP contribution >= 0.6 is 23.1 Å². The summed E-state index contributed by atoms with van der Waals surface area (Å²) < 4.78 is 1.25. The van der Waals surface area contributed by atoms with Crippen LogP contribution in [0.4, 0.5) is 0 Å². The predicted octanol–water partition coefficient (Wildman–Crippen LogP) is 0.186. The van der Waals surface area contributed by atoms with Gasteiger partial charge in [-0.2, -0.15) is 21.4 Å². The highest BCUT2D eigenvalue weighted by molar-refractivity contribution is 7.98. The Balaban J connectivity index is 1.91. The zero-order valence-corrected chi connectivity index (χ0v) is 11.5. The Bertz CT molecular complexity index is 639. The van der Waals surface area contributed by atoms with E-state index in [0.717, 1.165) is 0 Å². The minimum atomic E-state index is -0.997. The van der Waals surface area contributed by atoms with Gasteiger partial charge in [0.15, 0.2) is 0 Å². The van der Waals surface area contributed by atoms with Crippen molar-refractivity contribution in [3.8, 4) is 0 Å². The summed E-state index contributed by atoms with van der Waals surface area (Å²) in [5, 5.41) is 12.5. The highest BCUT2D eigenvalue weighted by atomic mass is 32.2.